The van der Waals surface area contributed by atoms with Gasteiger partial charge in [-0.1, -0.05) is 24.6 Å². The molecule has 1 amide bonds. The van der Waals surface area contributed by atoms with Crippen LogP contribution in [0.2, 0.25) is 5.02 Å². The van der Waals surface area contributed by atoms with Gasteiger partial charge in [0.15, 0.2) is 0 Å². The largest absolute Gasteiger partial charge is 0.493 e. The van der Waals surface area contributed by atoms with E-state index in [-0.39, 0.29) is 5.57 Å². The third-order valence-electron chi connectivity index (χ3n) is 3.86. The van der Waals surface area contributed by atoms with Crippen LogP contribution in [-0.4, -0.2) is 12.5 Å². The fraction of sp³-hybridized carbons (Fsp3) is 0.238. The van der Waals surface area contributed by atoms with Crippen LogP contribution in [0.15, 0.2) is 42.0 Å². The maximum Gasteiger partial charge on any atom is 0.266 e. The molecule has 26 heavy (non-hydrogen) atoms. The second-order valence-electron chi connectivity index (χ2n) is 5.95. The first-order valence-electron chi connectivity index (χ1n) is 8.37. The van der Waals surface area contributed by atoms with Crippen LogP contribution in [0.25, 0.3) is 6.08 Å². The van der Waals surface area contributed by atoms with Gasteiger partial charge in [-0.15, -0.1) is 0 Å². The Morgan fingerprint density at radius 1 is 1.23 bits per heavy atom. The highest BCUT2D eigenvalue weighted by atomic mass is 35.5. The van der Waals surface area contributed by atoms with Crippen molar-refractivity contribution in [3.63, 3.8) is 0 Å². The molecule has 2 aromatic carbocycles. The van der Waals surface area contributed by atoms with Crippen LogP contribution in [-0.2, 0) is 4.79 Å². The van der Waals surface area contributed by atoms with E-state index in [4.69, 9.17) is 16.3 Å². The molecule has 0 aliphatic rings. The summed E-state index contributed by atoms with van der Waals surface area (Å²) in [5.41, 5.74) is 3.42. The Morgan fingerprint density at radius 3 is 2.65 bits per heavy atom. The molecule has 134 valence electrons. The molecule has 5 heteroatoms. The van der Waals surface area contributed by atoms with Crippen LogP contribution in [0.1, 0.15) is 30.0 Å². The van der Waals surface area contributed by atoms with Crippen molar-refractivity contribution in [2.45, 2.75) is 27.2 Å². The third-order valence-corrected chi connectivity index (χ3v) is 4.10. The van der Waals surface area contributed by atoms with Gasteiger partial charge >= 0.3 is 0 Å². The van der Waals surface area contributed by atoms with Crippen molar-refractivity contribution in [3.8, 4) is 11.8 Å². The maximum absolute atomic E-state index is 12.5. The van der Waals surface area contributed by atoms with Crippen molar-refractivity contribution in [3.05, 3.63) is 63.7 Å². The van der Waals surface area contributed by atoms with Gasteiger partial charge in [-0.3, -0.25) is 4.79 Å². The highest BCUT2D eigenvalue weighted by Crippen LogP contribution is 2.26. The van der Waals surface area contributed by atoms with Crippen LogP contribution < -0.4 is 10.1 Å². The van der Waals surface area contributed by atoms with E-state index in [1.54, 1.807) is 18.2 Å². The number of rotatable bonds is 6. The Morgan fingerprint density at radius 2 is 2.00 bits per heavy atom. The molecule has 0 unspecified atom stereocenters. The van der Waals surface area contributed by atoms with E-state index in [2.05, 4.69) is 5.32 Å². The van der Waals surface area contributed by atoms with Gasteiger partial charge in [0, 0.05) is 16.3 Å². The summed E-state index contributed by atoms with van der Waals surface area (Å²) in [7, 11) is 0. The molecule has 0 saturated carbocycles. The van der Waals surface area contributed by atoms with Gasteiger partial charge in [0.05, 0.1) is 6.61 Å². The molecule has 2 aromatic rings. The molecular weight excluding hydrogens is 348 g/mol. The number of amides is 1. The molecule has 0 fully saturated rings. The molecule has 1 N–H and O–H groups in total. The summed E-state index contributed by atoms with van der Waals surface area (Å²) in [6.07, 6.45) is 2.34. The topological polar surface area (TPSA) is 62.1 Å². The number of nitrogens with zero attached hydrogens (tertiary/aromatic N) is 1. The number of hydrogen-bond donors (Lipinski definition) is 1. The molecule has 0 spiro atoms. The van der Waals surface area contributed by atoms with Crippen molar-refractivity contribution in [2.75, 3.05) is 11.9 Å². The minimum absolute atomic E-state index is 0.0214. The van der Waals surface area contributed by atoms with Gasteiger partial charge in [-0.05, 0) is 67.8 Å². The van der Waals surface area contributed by atoms with E-state index in [0.29, 0.717) is 28.6 Å². The summed E-state index contributed by atoms with van der Waals surface area (Å²) in [5.74, 6) is 0.111. The van der Waals surface area contributed by atoms with Crippen LogP contribution in [0, 0.1) is 25.2 Å². The molecule has 0 heterocycles. The lowest BCUT2D eigenvalue weighted by atomic mass is 10.1. The quantitative estimate of drug-likeness (QED) is 0.556. The van der Waals surface area contributed by atoms with E-state index in [0.717, 1.165) is 17.5 Å². The summed E-state index contributed by atoms with van der Waals surface area (Å²) in [6, 6.07) is 12.7. The number of nitriles is 1. The minimum atomic E-state index is -0.475. The lowest BCUT2D eigenvalue weighted by molar-refractivity contribution is -0.112. The Labute approximate surface area is 159 Å². The Bertz CT molecular complexity index is 882. The number of carbonyl (C=O) groups excluding carboxylic acids is 1. The van der Waals surface area contributed by atoms with Gasteiger partial charge in [-0.25, -0.2) is 0 Å². The van der Waals surface area contributed by atoms with Crippen LogP contribution in [0.3, 0.4) is 0 Å². The second-order valence-corrected chi connectivity index (χ2v) is 6.39. The van der Waals surface area contributed by atoms with Crippen LogP contribution >= 0.6 is 11.6 Å². The van der Waals surface area contributed by atoms with Gasteiger partial charge in [0.2, 0.25) is 0 Å². The first-order chi connectivity index (χ1) is 12.4. The van der Waals surface area contributed by atoms with Crippen LogP contribution in [0.4, 0.5) is 5.69 Å². The molecule has 0 atom stereocenters. The second kappa shape index (κ2) is 9.07. The smallest absolute Gasteiger partial charge is 0.266 e. The van der Waals surface area contributed by atoms with Crippen LogP contribution in [0.5, 0.6) is 5.75 Å². The number of hydrogen-bond acceptors (Lipinski definition) is 3. The van der Waals surface area contributed by atoms with Crippen molar-refractivity contribution >= 4 is 29.3 Å². The molecule has 4 nitrogen and oxygen atoms in total. The fourth-order valence-electron chi connectivity index (χ4n) is 2.30. The van der Waals surface area contributed by atoms with E-state index >= 15 is 0 Å². The number of benzene rings is 2. The van der Waals surface area contributed by atoms with Gasteiger partial charge < -0.3 is 10.1 Å². The average Bonchev–Trinajstić information content (AvgIpc) is 2.62. The molecule has 0 saturated heterocycles. The van der Waals surface area contributed by atoms with Crippen molar-refractivity contribution in [1.29, 1.82) is 5.26 Å². The van der Waals surface area contributed by atoms with Gasteiger partial charge in [0.25, 0.3) is 5.91 Å². The standard InChI is InChI=1S/C21H21ClN2O2/c1-4-9-26-20-8-6-18(22)12-16(20)11-17(13-23)21(25)24-19-7-5-14(2)15(3)10-19/h5-8,10-12H,4,9H2,1-3H3,(H,24,25)/b17-11+. The minimum Gasteiger partial charge on any atom is -0.493 e. The number of nitrogens with one attached hydrogen (secondary N) is 1. The number of anilines is 1. The monoisotopic (exact) mass is 368 g/mol. The highest BCUT2D eigenvalue weighted by molar-refractivity contribution is 6.30. The zero-order valence-corrected chi connectivity index (χ0v) is 15.9. The van der Waals surface area contributed by atoms with E-state index in [1.807, 2.05) is 45.0 Å². The predicted octanol–water partition coefficient (Wildman–Crippen LogP) is 5.29. The summed E-state index contributed by atoms with van der Waals surface area (Å²) in [6.45, 7) is 6.51. The summed E-state index contributed by atoms with van der Waals surface area (Å²) >= 11 is 6.05. The first kappa shape index (κ1) is 19.6. The van der Waals surface area contributed by atoms with E-state index in [9.17, 15) is 10.1 Å². The normalized spacial score (nSPS) is 11.0. The highest BCUT2D eigenvalue weighted by Gasteiger charge is 2.12. The van der Waals surface area contributed by atoms with Gasteiger partial charge in [-0.2, -0.15) is 5.26 Å². The first-order valence-corrected chi connectivity index (χ1v) is 8.75. The number of aryl methyl sites for hydroxylation is 2. The Kier molecular flexibility index (Phi) is 6.82. The van der Waals surface area contributed by atoms with Gasteiger partial charge in [0.1, 0.15) is 17.4 Å². The molecular formula is C21H21ClN2O2. The zero-order chi connectivity index (χ0) is 19.1. The van der Waals surface area contributed by atoms with Crippen molar-refractivity contribution in [1.82, 2.24) is 0 Å². The summed E-state index contributed by atoms with van der Waals surface area (Å²) in [5, 5.41) is 12.7. The fourth-order valence-corrected chi connectivity index (χ4v) is 2.48. The van der Waals surface area contributed by atoms with Crippen molar-refractivity contribution in [2.24, 2.45) is 0 Å². The summed E-state index contributed by atoms with van der Waals surface area (Å²) in [4.78, 5) is 12.5. The average molecular weight is 369 g/mol. The Balaban J connectivity index is 2.29. The molecule has 0 aromatic heterocycles. The lowest BCUT2D eigenvalue weighted by Gasteiger charge is -2.10. The number of ether oxygens (including phenoxy) is 1. The maximum atomic E-state index is 12.5. The molecule has 0 bridgehead atoms. The SMILES string of the molecule is CCCOc1ccc(Cl)cc1/C=C(\C#N)C(=O)Nc1ccc(C)c(C)c1. The van der Waals surface area contributed by atoms with E-state index in [1.165, 1.54) is 6.08 Å². The molecule has 0 aliphatic carbocycles. The molecule has 0 radical (unpaired) electrons. The summed E-state index contributed by atoms with van der Waals surface area (Å²) < 4.78 is 5.67. The van der Waals surface area contributed by atoms with Crippen molar-refractivity contribution < 1.29 is 9.53 Å². The number of carbonyl (C=O) groups is 1. The zero-order valence-electron chi connectivity index (χ0n) is 15.1. The van der Waals surface area contributed by atoms with E-state index < -0.39 is 5.91 Å². The predicted molar refractivity (Wildman–Crippen MR) is 105 cm³/mol. The lowest BCUT2D eigenvalue weighted by Crippen LogP contribution is -2.13. The molecule has 0 aliphatic heterocycles. The molecule has 2 rings (SSSR count). The number of halogens is 1. The Hall–Kier alpha value is -2.77. The third kappa shape index (κ3) is 5.11.